The van der Waals surface area contributed by atoms with Crippen molar-refractivity contribution in [2.24, 2.45) is 0 Å². The third kappa shape index (κ3) is 9.47. The van der Waals surface area contributed by atoms with E-state index in [1.807, 2.05) is 30.3 Å². The van der Waals surface area contributed by atoms with Gasteiger partial charge in [0.25, 0.3) is 0 Å². The van der Waals surface area contributed by atoms with Gasteiger partial charge in [-0.1, -0.05) is 30.3 Å². The van der Waals surface area contributed by atoms with Crippen LogP contribution in [0.15, 0.2) is 30.3 Å². The molecule has 5 atom stereocenters. The third-order valence-electron chi connectivity index (χ3n) is 5.47. The quantitative estimate of drug-likeness (QED) is 0.208. The summed E-state index contributed by atoms with van der Waals surface area (Å²) in [6, 6.07) is 6.57. The second kappa shape index (κ2) is 13.1. The molecule has 1 aliphatic heterocycles. The molecule has 11 nitrogen and oxygen atoms in total. The van der Waals surface area contributed by atoms with Crippen molar-refractivity contribution >= 4 is 17.8 Å². The lowest BCUT2D eigenvalue weighted by Gasteiger charge is -2.30. The Morgan fingerprint density at radius 3 is 2.19 bits per heavy atom. The van der Waals surface area contributed by atoms with Crippen LogP contribution in [0.1, 0.15) is 33.3 Å². The molecule has 4 N–H and O–H groups in total. The molecule has 0 aromatic heterocycles. The van der Waals surface area contributed by atoms with E-state index in [4.69, 9.17) is 18.9 Å². The first kappa shape index (κ1) is 29.7. The molecule has 202 valence electrons. The summed E-state index contributed by atoms with van der Waals surface area (Å²) in [5, 5.41) is 19.0. The molecule has 1 aliphatic rings. The van der Waals surface area contributed by atoms with Crippen molar-refractivity contribution < 1.29 is 38.4 Å². The van der Waals surface area contributed by atoms with Gasteiger partial charge in [-0.3, -0.25) is 14.9 Å². The van der Waals surface area contributed by atoms with Crippen LogP contribution in [0.5, 0.6) is 0 Å². The van der Waals surface area contributed by atoms with Crippen LogP contribution < -0.4 is 16.0 Å². The summed E-state index contributed by atoms with van der Waals surface area (Å²) >= 11 is 0. The highest BCUT2D eigenvalue weighted by molar-refractivity contribution is 5.94. The highest BCUT2D eigenvalue weighted by atomic mass is 16.6. The number of carbonyl (C=O) groups is 3. The summed E-state index contributed by atoms with van der Waals surface area (Å²) in [7, 11) is 2.81. The number of rotatable bonds is 14. The molecular weight excluding hydrogens is 470 g/mol. The topological polar surface area (TPSA) is 148 Å². The van der Waals surface area contributed by atoms with Crippen molar-refractivity contribution in [3.8, 4) is 0 Å². The van der Waals surface area contributed by atoms with Gasteiger partial charge in [-0.15, -0.1) is 0 Å². The average Bonchev–Trinajstić information content (AvgIpc) is 3.55. The first-order valence-corrected chi connectivity index (χ1v) is 11.8. The standard InChI is InChI=1S/C25H39N3O8/c1-24(2,3)36-23(32)28-19(14-34-6)22(31)27-18(13-33-5)21(30)26-17(20(29)25(4)15-35-25)12-16-10-8-7-9-11-16/h7-11,17-19,21,26,30H,12-15H2,1-6H3,(H,27,31)(H,28,32)/t17?,18-,19?,21?,25?/m0/s1. The Labute approximate surface area is 212 Å². The molecule has 2 rings (SSSR count). The predicted octanol–water partition coefficient (Wildman–Crippen LogP) is 0.535. The Morgan fingerprint density at radius 2 is 1.67 bits per heavy atom. The molecule has 0 radical (unpaired) electrons. The van der Waals surface area contributed by atoms with Gasteiger partial charge < -0.3 is 34.7 Å². The number of hydrogen-bond acceptors (Lipinski definition) is 9. The smallest absolute Gasteiger partial charge is 0.408 e. The van der Waals surface area contributed by atoms with E-state index in [9.17, 15) is 19.5 Å². The molecule has 0 aliphatic carbocycles. The Morgan fingerprint density at radius 1 is 1.06 bits per heavy atom. The number of aliphatic hydroxyl groups is 1. The second-order valence-corrected chi connectivity index (χ2v) is 9.96. The van der Waals surface area contributed by atoms with Gasteiger partial charge in [-0.25, -0.2) is 4.79 Å². The zero-order chi connectivity index (χ0) is 26.9. The summed E-state index contributed by atoms with van der Waals surface area (Å²) in [5.41, 5.74) is -0.763. The number of epoxide rings is 1. The van der Waals surface area contributed by atoms with E-state index in [1.165, 1.54) is 14.2 Å². The van der Waals surface area contributed by atoms with Gasteiger partial charge in [-0.2, -0.15) is 0 Å². The monoisotopic (exact) mass is 509 g/mol. The van der Waals surface area contributed by atoms with Gasteiger partial charge in [0.15, 0.2) is 5.78 Å². The molecule has 0 spiro atoms. The maximum absolute atomic E-state index is 13.1. The highest BCUT2D eigenvalue weighted by Gasteiger charge is 2.50. The van der Waals surface area contributed by atoms with E-state index in [2.05, 4.69) is 16.0 Å². The van der Waals surface area contributed by atoms with E-state index < -0.39 is 47.6 Å². The van der Waals surface area contributed by atoms with Gasteiger partial charge in [-0.05, 0) is 39.7 Å². The first-order chi connectivity index (χ1) is 16.9. The molecule has 1 fully saturated rings. The van der Waals surface area contributed by atoms with Gasteiger partial charge in [0.2, 0.25) is 5.91 Å². The number of Topliss-reactive ketones (excluding diaryl/α,β-unsaturated/α-hetero) is 1. The van der Waals surface area contributed by atoms with Gasteiger partial charge in [0.1, 0.15) is 23.5 Å². The number of carbonyl (C=O) groups excluding carboxylic acids is 3. The minimum Gasteiger partial charge on any atom is -0.444 e. The van der Waals surface area contributed by atoms with E-state index in [0.717, 1.165) is 5.56 Å². The maximum Gasteiger partial charge on any atom is 0.408 e. The van der Waals surface area contributed by atoms with E-state index in [0.29, 0.717) is 13.0 Å². The molecule has 11 heteroatoms. The third-order valence-corrected chi connectivity index (χ3v) is 5.47. The van der Waals surface area contributed by atoms with Crippen molar-refractivity contribution in [1.29, 1.82) is 0 Å². The molecule has 0 bridgehead atoms. The van der Waals surface area contributed by atoms with Crippen molar-refractivity contribution in [1.82, 2.24) is 16.0 Å². The predicted molar refractivity (Wildman–Crippen MR) is 131 cm³/mol. The lowest BCUT2D eigenvalue weighted by atomic mass is 9.94. The van der Waals surface area contributed by atoms with Crippen molar-refractivity contribution in [3.63, 3.8) is 0 Å². The number of methoxy groups -OCH3 is 2. The molecule has 1 aromatic rings. The summed E-state index contributed by atoms with van der Waals surface area (Å²) in [6.07, 6.45) is -1.82. The van der Waals surface area contributed by atoms with Crippen LogP contribution >= 0.6 is 0 Å². The number of ketones is 1. The largest absolute Gasteiger partial charge is 0.444 e. The number of aliphatic hydroxyl groups excluding tert-OH is 1. The molecule has 1 heterocycles. The minimum atomic E-state index is -1.35. The van der Waals surface area contributed by atoms with Crippen LogP contribution in [0.2, 0.25) is 0 Å². The number of amides is 2. The minimum absolute atomic E-state index is 0.0634. The second-order valence-electron chi connectivity index (χ2n) is 9.96. The summed E-state index contributed by atoms with van der Waals surface area (Å²) in [5.74, 6) is -0.814. The van der Waals surface area contributed by atoms with Crippen molar-refractivity contribution in [2.75, 3.05) is 34.0 Å². The van der Waals surface area contributed by atoms with Crippen LogP contribution in [-0.4, -0.2) is 92.5 Å². The Hall–Kier alpha value is -2.57. The van der Waals surface area contributed by atoms with Crippen LogP contribution in [0.4, 0.5) is 4.79 Å². The van der Waals surface area contributed by atoms with E-state index in [1.54, 1.807) is 27.7 Å². The maximum atomic E-state index is 13.1. The van der Waals surface area contributed by atoms with E-state index >= 15 is 0 Å². The molecule has 4 unspecified atom stereocenters. The molecule has 1 saturated heterocycles. The van der Waals surface area contributed by atoms with Crippen molar-refractivity contribution in [2.45, 2.75) is 69.7 Å². The van der Waals surface area contributed by atoms with Crippen LogP contribution in [0.3, 0.4) is 0 Å². The molecule has 0 saturated carbocycles. The SMILES string of the molecule is COCC(NC(=O)OC(C)(C)C)C(=O)N[C@@H](COC)C(O)NC(Cc1ccccc1)C(=O)C1(C)CO1. The van der Waals surface area contributed by atoms with Gasteiger partial charge >= 0.3 is 6.09 Å². The summed E-state index contributed by atoms with van der Waals surface area (Å²) in [6.45, 7) is 6.93. The Balaban J connectivity index is 2.11. The Kier molecular flexibility index (Phi) is 10.8. The number of ether oxygens (including phenoxy) is 4. The number of nitrogens with one attached hydrogen (secondary N) is 3. The fourth-order valence-electron chi connectivity index (χ4n) is 3.49. The first-order valence-electron chi connectivity index (χ1n) is 11.8. The lowest BCUT2D eigenvalue weighted by Crippen LogP contribution is -2.61. The van der Waals surface area contributed by atoms with E-state index in [-0.39, 0.29) is 19.0 Å². The van der Waals surface area contributed by atoms with Gasteiger partial charge in [0, 0.05) is 14.2 Å². The fraction of sp³-hybridized carbons (Fsp3) is 0.640. The summed E-state index contributed by atoms with van der Waals surface area (Å²) < 4.78 is 20.8. The van der Waals surface area contributed by atoms with Crippen LogP contribution in [-0.2, 0) is 35.0 Å². The molecular formula is C25H39N3O8. The lowest BCUT2D eigenvalue weighted by molar-refractivity contribution is -0.128. The molecule has 2 amide bonds. The number of benzene rings is 1. The van der Waals surface area contributed by atoms with Gasteiger partial charge in [0.05, 0.1) is 31.9 Å². The number of hydrogen-bond donors (Lipinski definition) is 4. The zero-order valence-electron chi connectivity index (χ0n) is 21.8. The van der Waals surface area contributed by atoms with Crippen LogP contribution in [0, 0.1) is 0 Å². The number of alkyl carbamates (subject to hydrolysis) is 1. The molecule has 36 heavy (non-hydrogen) atoms. The average molecular weight is 510 g/mol. The van der Waals surface area contributed by atoms with Crippen LogP contribution in [0.25, 0.3) is 0 Å². The zero-order valence-corrected chi connectivity index (χ0v) is 21.8. The highest BCUT2D eigenvalue weighted by Crippen LogP contribution is 2.29. The molecule has 1 aromatic carbocycles. The van der Waals surface area contributed by atoms with Crippen molar-refractivity contribution in [3.05, 3.63) is 35.9 Å². The Bertz CT molecular complexity index is 870. The summed E-state index contributed by atoms with van der Waals surface area (Å²) in [4.78, 5) is 38.2. The normalized spacial score (nSPS) is 20.5. The fourth-order valence-corrected chi connectivity index (χ4v) is 3.49.